The first-order valence-corrected chi connectivity index (χ1v) is 6.50. The molecule has 0 aliphatic carbocycles. The van der Waals surface area contributed by atoms with Crippen molar-refractivity contribution in [3.63, 3.8) is 0 Å². The molecule has 0 saturated carbocycles. The number of benzene rings is 2. The zero-order chi connectivity index (χ0) is 14.0. The van der Waals surface area contributed by atoms with E-state index in [2.05, 4.69) is 15.9 Å². The van der Waals surface area contributed by atoms with Crippen molar-refractivity contribution in [2.24, 2.45) is 0 Å². The van der Waals surface area contributed by atoms with E-state index in [1.807, 2.05) is 0 Å². The van der Waals surface area contributed by atoms with Crippen molar-refractivity contribution in [1.82, 2.24) is 0 Å². The predicted octanol–water partition coefficient (Wildman–Crippen LogP) is 4.46. The maximum atomic E-state index is 13.6. The molecule has 0 fully saturated rings. The summed E-state index contributed by atoms with van der Waals surface area (Å²) in [4.78, 5) is 12.0. The molecule has 0 radical (unpaired) electrons. The fourth-order valence-electron chi connectivity index (χ4n) is 1.76. The lowest BCUT2D eigenvalue weighted by atomic mass is 10.0. The third kappa shape index (κ3) is 3.26. The molecule has 0 spiro atoms. The van der Waals surface area contributed by atoms with Gasteiger partial charge in [0.05, 0.1) is 0 Å². The van der Waals surface area contributed by atoms with Gasteiger partial charge in [-0.05, 0) is 48.4 Å². The number of aryl methyl sites for hydroxylation is 1. The van der Waals surface area contributed by atoms with Crippen molar-refractivity contribution in [2.75, 3.05) is 0 Å². The Morgan fingerprint density at radius 2 is 1.84 bits per heavy atom. The minimum absolute atomic E-state index is 0.0375. The molecule has 0 amide bonds. The maximum absolute atomic E-state index is 13.6. The highest BCUT2D eigenvalue weighted by Crippen LogP contribution is 2.18. The van der Waals surface area contributed by atoms with Gasteiger partial charge in [0.2, 0.25) is 0 Å². The molecule has 0 atom stereocenters. The molecule has 0 unspecified atom stereocenters. The van der Waals surface area contributed by atoms with E-state index in [0.717, 1.165) is 0 Å². The van der Waals surface area contributed by atoms with Gasteiger partial charge in [0.25, 0.3) is 0 Å². The summed E-state index contributed by atoms with van der Waals surface area (Å²) in [7, 11) is 0. The van der Waals surface area contributed by atoms with Gasteiger partial charge in [0.1, 0.15) is 11.6 Å². The molecule has 0 saturated heterocycles. The largest absolute Gasteiger partial charge is 0.294 e. The second-order valence-electron chi connectivity index (χ2n) is 4.30. The minimum atomic E-state index is -0.429. The molecular weight excluding hydrogens is 314 g/mol. The summed E-state index contributed by atoms with van der Waals surface area (Å²) in [6.45, 7) is 1.59. The molecule has 1 nitrogen and oxygen atoms in total. The number of rotatable bonds is 3. The highest BCUT2D eigenvalue weighted by atomic mass is 79.9. The molecule has 0 aromatic heterocycles. The monoisotopic (exact) mass is 324 g/mol. The van der Waals surface area contributed by atoms with E-state index >= 15 is 0 Å². The number of hydrogen-bond donors (Lipinski definition) is 0. The van der Waals surface area contributed by atoms with Crippen molar-refractivity contribution in [3.05, 3.63) is 69.2 Å². The summed E-state index contributed by atoms with van der Waals surface area (Å²) >= 11 is 3.16. The van der Waals surface area contributed by atoms with Crippen LogP contribution in [0.4, 0.5) is 8.78 Å². The first-order valence-electron chi connectivity index (χ1n) is 5.70. The molecule has 0 heterocycles. The van der Waals surface area contributed by atoms with Crippen LogP contribution in [0, 0.1) is 18.6 Å². The van der Waals surface area contributed by atoms with Gasteiger partial charge in [-0.2, -0.15) is 0 Å². The molecule has 2 aromatic rings. The van der Waals surface area contributed by atoms with E-state index in [-0.39, 0.29) is 18.0 Å². The van der Waals surface area contributed by atoms with Crippen LogP contribution in [0.25, 0.3) is 0 Å². The smallest absolute Gasteiger partial charge is 0.167 e. The average Bonchev–Trinajstić information content (AvgIpc) is 2.36. The average molecular weight is 325 g/mol. The number of carbonyl (C=O) groups is 1. The van der Waals surface area contributed by atoms with Crippen molar-refractivity contribution >= 4 is 21.7 Å². The third-order valence-corrected chi connectivity index (χ3v) is 3.34. The Labute approximate surface area is 118 Å². The number of hydrogen-bond acceptors (Lipinski definition) is 1. The van der Waals surface area contributed by atoms with Gasteiger partial charge in [-0.3, -0.25) is 4.79 Å². The zero-order valence-corrected chi connectivity index (χ0v) is 11.8. The lowest BCUT2D eigenvalue weighted by molar-refractivity contribution is 0.0991. The molecular formula is C15H11BrF2O. The minimum Gasteiger partial charge on any atom is -0.294 e. The van der Waals surface area contributed by atoms with Crippen molar-refractivity contribution in [2.45, 2.75) is 13.3 Å². The molecule has 4 heteroatoms. The van der Waals surface area contributed by atoms with E-state index < -0.39 is 5.82 Å². The normalized spacial score (nSPS) is 10.5. The van der Waals surface area contributed by atoms with Crippen LogP contribution < -0.4 is 0 Å². The first kappa shape index (κ1) is 13.9. The van der Waals surface area contributed by atoms with Gasteiger partial charge in [-0.15, -0.1) is 0 Å². The summed E-state index contributed by atoms with van der Waals surface area (Å²) in [6, 6.07) is 8.71. The predicted molar refractivity (Wildman–Crippen MR) is 73.3 cm³/mol. The van der Waals surface area contributed by atoms with Crippen LogP contribution in [0.15, 0.2) is 40.9 Å². The molecule has 0 aliphatic heterocycles. The van der Waals surface area contributed by atoms with Crippen LogP contribution in [0.2, 0.25) is 0 Å². The van der Waals surface area contributed by atoms with E-state index in [1.54, 1.807) is 19.1 Å². The number of ketones is 1. The van der Waals surface area contributed by atoms with Gasteiger partial charge < -0.3 is 0 Å². The number of halogens is 3. The Kier molecular flexibility index (Phi) is 4.10. The molecule has 98 valence electrons. The fourth-order valence-corrected chi connectivity index (χ4v) is 2.09. The van der Waals surface area contributed by atoms with Crippen LogP contribution in [0.3, 0.4) is 0 Å². The van der Waals surface area contributed by atoms with Crippen molar-refractivity contribution in [3.8, 4) is 0 Å². The lowest BCUT2D eigenvalue weighted by Crippen LogP contribution is -2.06. The zero-order valence-electron chi connectivity index (χ0n) is 10.2. The first-order chi connectivity index (χ1) is 8.97. The van der Waals surface area contributed by atoms with Crippen LogP contribution in [0.5, 0.6) is 0 Å². The second-order valence-corrected chi connectivity index (χ2v) is 5.22. The van der Waals surface area contributed by atoms with Gasteiger partial charge in [-0.25, -0.2) is 8.78 Å². The topological polar surface area (TPSA) is 17.1 Å². The summed E-state index contributed by atoms with van der Waals surface area (Å²) in [5.74, 6) is -1.02. The van der Waals surface area contributed by atoms with Crippen LogP contribution in [-0.2, 0) is 6.42 Å². The molecule has 2 rings (SSSR count). The summed E-state index contributed by atoms with van der Waals surface area (Å²) < 4.78 is 27.4. The van der Waals surface area contributed by atoms with Crippen LogP contribution in [0.1, 0.15) is 21.5 Å². The van der Waals surface area contributed by atoms with Gasteiger partial charge in [0, 0.05) is 16.5 Å². The number of Topliss-reactive ketones (excluding diaryl/α,β-unsaturated/α-hetero) is 1. The Bertz CT molecular complexity index is 638. The Morgan fingerprint density at radius 3 is 2.47 bits per heavy atom. The molecule has 0 aliphatic rings. The third-order valence-electron chi connectivity index (χ3n) is 2.85. The van der Waals surface area contributed by atoms with Gasteiger partial charge in [0.15, 0.2) is 5.78 Å². The molecule has 0 bridgehead atoms. The summed E-state index contributed by atoms with van der Waals surface area (Å²) in [5.41, 5.74) is 1.12. The SMILES string of the molecule is Cc1cc(C(=O)Cc2ccc(Br)cc2F)ccc1F. The van der Waals surface area contributed by atoms with Crippen molar-refractivity contribution in [1.29, 1.82) is 0 Å². The van der Waals surface area contributed by atoms with Crippen LogP contribution >= 0.6 is 15.9 Å². The Balaban J connectivity index is 2.23. The Hall–Kier alpha value is -1.55. The highest BCUT2D eigenvalue weighted by molar-refractivity contribution is 9.10. The standard InChI is InChI=1S/C15H11BrF2O/c1-9-6-11(3-5-13(9)17)15(19)7-10-2-4-12(16)8-14(10)18/h2-6,8H,7H2,1H3. The van der Waals surface area contributed by atoms with Gasteiger partial charge in [-0.1, -0.05) is 22.0 Å². The second kappa shape index (κ2) is 5.61. The maximum Gasteiger partial charge on any atom is 0.167 e. The summed E-state index contributed by atoms with van der Waals surface area (Å²) in [5, 5.41) is 0. The Morgan fingerprint density at radius 1 is 1.11 bits per heavy atom. The van der Waals surface area contributed by atoms with Crippen LogP contribution in [-0.4, -0.2) is 5.78 Å². The molecule has 0 N–H and O–H groups in total. The van der Waals surface area contributed by atoms with E-state index in [4.69, 9.17) is 0 Å². The fraction of sp³-hybridized carbons (Fsp3) is 0.133. The van der Waals surface area contributed by atoms with Crippen molar-refractivity contribution < 1.29 is 13.6 Å². The van der Waals surface area contributed by atoms with E-state index in [0.29, 0.717) is 21.2 Å². The molecule has 19 heavy (non-hydrogen) atoms. The summed E-state index contributed by atoms with van der Waals surface area (Å²) in [6.07, 6.45) is -0.0375. The van der Waals surface area contributed by atoms with E-state index in [1.165, 1.54) is 24.3 Å². The quantitative estimate of drug-likeness (QED) is 0.762. The van der Waals surface area contributed by atoms with Gasteiger partial charge >= 0.3 is 0 Å². The number of carbonyl (C=O) groups excluding carboxylic acids is 1. The molecule has 2 aromatic carbocycles. The van der Waals surface area contributed by atoms with E-state index in [9.17, 15) is 13.6 Å². The lowest BCUT2D eigenvalue weighted by Gasteiger charge is -2.05. The highest BCUT2D eigenvalue weighted by Gasteiger charge is 2.12.